The molecular formula is C11H20ClF3N2. The van der Waals surface area contributed by atoms with Crippen LogP contribution in [0.1, 0.15) is 20.8 Å². The highest BCUT2D eigenvalue weighted by Gasteiger charge is 2.46. The van der Waals surface area contributed by atoms with E-state index in [0.717, 1.165) is 13.1 Å². The minimum atomic E-state index is -4.15. The Hall–Kier alpha value is -0.0000000000000000555. The second-order valence-electron chi connectivity index (χ2n) is 5.88. The average Bonchev–Trinajstić information content (AvgIpc) is 2.05. The summed E-state index contributed by atoms with van der Waals surface area (Å²) in [4.78, 5) is 2.23. The molecule has 0 bridgehead atoms. The molecule has 6 heteroatoms. The smallest absolute Gasteiger partial charge is 0.308 e. The summed E-state index contributed by atoms with van der Waals surface area (Å²) in [5, 5.41) is 2.45. The maximum absolute atomic E-state index is 12.0. The Bertz CT molecular complexity index is 254. The highest BCUT2D eigenvalue weighted by Crippen LogP contribution is 2.36. The van der Waals surface area contributed by atoms with Crippen molar-refractivity contribution in [2.24, 2.45) is 5.41 Å². The van der Waals surface area contributed by atoms with E-state index in [-0.39, 0.29) is 11.0 Å². The van der Waals surface area contributed by atoms with Crippen LogP contribution in [-0.4, -0.2) is 48.7 Å². The van der Waals surface area contributed by atoms with Gasteiger partial charge >= 0.3 is 6.18 Å². The molecule has 0 saturated carbocycles. The van der Waals surface area contributed by atoms with E-state index in [4.69, 9.17) is 11.6 Å². The van der Waals surface area contributed by atoms with Gasteiger partial charge in [-0.25, -0.2) is 0 Å². The molecule has 0 radical (unpaired) electrons. The summed E-state index contributed by atoms with van der Waals surface area (Å²) < 4.78 is 36.1. The number of nitrogens with one attached hydrogen (secondary N) is 1. The monoisotopic (exact) mass is 272 g/mol. The third-order valence-corrected chi connectivity index (χ3v) is 3.68. The van der Waals surface area contributed by atoms with Gasteiger partial charge in [0, 0.05) is 36.5 Å². The van der Waals surface area contributed by atoms with Gasteiger partial charge in [0.25, 0.3) is 0 Å². The molecule has 1 N–H and O–H groups in total. The summed E-state index contributed by atoms with van der Waals surface area (Å²) in [6.45, 7) is 7.16. The number of hydrogen-bond donors (Lipinski definition) is 1. The van der Waals surface area contributed by atoms with Crippen LogP contribution in [0, 0.1) is 5.41 Å². The standard InChI is InChI=1S/C11H20ClF3N2/c1-9(2,3)17-7-10(4-12,8-17)5-16-6-11(13,14)15/h16H,4-8H2,1-3H3. The first kappa shape index (κ1) is 15.1. The van der Waals surface area contributed by atoms with Crippen LogP contribution in [0.15, 0.2) is 0 Å². The zero-order valence-electron chi connectivity index (χ0n) is 10.5. The Kier molecular flexibility index (Phi) is 4.37. The average molecular weight is 273 g/mol. The molecule has 0 aromatic rings. The zero-order valence-corrected chi connectivity index (χ0v) is 11.3. The van der Waals surface area contributed by atoms with Gasteiger partial charge in [-0.2, -0.15) is 13.2 Å². The number of halogens is 4. The van der Waals surface area contributed by atoms with Crippen molar-refractivity contribution in [1.82, 2.24) is 10.2 Å². The van der Waals surface area contributed by atoms with Crippen molar-refractivity contribution in [1.29, 1.82) is 0 Å². The largest absolute Gasteiger partial charge is 0.401 e. The van der Waals surface area contributed by atoms with Crippen molar-refractivity contribution >= 4 is 11.6 Å². The SMILES string of the molecule is CC(C)(C)N1CC(CCl)(CNCC(F)(F)F)C1. The Morgan fingerprint density at radius 1 is 1.24 bits per heavy atom. The van der Waals surface area contributed by atoms with E-state index in [0.29, 0.717) is 12.4 Å². The first-order valence-electron chi connectivity index (χ1n) is 5.67. The molecule has 0 spiro atoms. The Morgan fingerprint density at radius 3 is 2.12 bits per heavy atom. The van der Waals surface area contributed by atoms with Crippen LogP contribution in [-0.2, 0) is 0 Å². The topological polar surface area (TPSA) is 15.3 Å². The molecule has 0 aliphatic carbocycles. The highest BCUT2D eigenvalue weighted by molar-refractivity contribution is 6.18. The second-order valence-corrected chi connectivity index (χ2v) is 6.15. The van der Waals surface area contributed by atoms with Gasteiger partial charge in [0.2, 0.25) is 0 Å². The van der Waals surface area contributed by atoms with Crippen LogP contribution < -0.4 is 5.32 Å². The minimum Gasteiger partial charge on any atom is -0.308 e. The fourth-order valence-electron chi connectivity index (χ4n) is 1.95. The van der Waals surface area contributed by atoms with Crippen LogP contribution in [0.4, 0.5) is 13.2 Å². The van der Waals surface area contributed by atoms with E-state index in [1.54, 1.807) is 0 Å². The van der Waals surface area contributed by atoms with Crippen LogP contribution in [0.5, 0.6) is 0 Å². The summed E-state index contributed by atoms with van der Waals surface area (Å²) in [6.07, 6.45) is -4.15. The summed E-state index contributed by atoms with van der Waals surface area (Å²) >= 11 is 5.88. The third kappa shape index (κ3) is 4.30. The van der Waals surface area contributed by atoms with Crippen LogP contribution >= 0.6 is 11.6 Å². The molecule has 1 saturated heterocycles. The van der Waals surface area contributed by atoms with E-state index in [2.05, 4.69) is 31.0 Å². The molecular weight excluding hydrogens is 253 g/mol. The molecule has 0 atom stereocenters. The lowest BCUT2D eigenvalue weighted by molar-refractivity contribution is -0.128. The zero-order chi connectivity index (χ0) is 13.3. The fraction of sp³-hybridized carbons (Fsp3) is 1.00. The summed E-state index contributed by atoms with van der Waals surface area (Å²) in [5.74, 6) is 0.393. The fourth-order valence-corrected chi connectivity index (χ4v) is 2.21. The Labute approximate surface area is 105 Å². The molecule has 1 heterocycles. The predicted molar refractivity (Wildman–Crippen MR) is 63.4 cm³/mol. The normalized spacial score (nSPS) is 21.4. The van der Waals surface area contributed by atoms with Gasteiger partial charge in [-0.05, 0) is 20.8 Å². The maximum Gasteiger partial charge on any atom is 0.401 e. The lowest BCUT2D eigenvalue weighted by Gasteiger charge is -2.55. The highest BCUT2D eigenvalue weighted by atomic mass is 35.5. The van der Waals surface area contributed by atoms with Crippen molar-refractivity contribution in [2.45, 2.75) is 32.5 Å². The van der Waals surface area contributed by atoms with Gasteiger partial charge in [0.1, 0.15) is 0 Å². The Balaban J connectivity index is 2.37. The molecule has 1 aliphatic heterocycles. The Morgan fingerprint density at radius 2 is 1.76 bits per heavy atom. The lowest BCUT2D eigenvalue weighted by Crippen LogP contribution is -2.66. The maximum atomic E-state index is 12.0. The van der Waals surface area contributed by atoms with Crippen LogP contribution in [0.2, 0.25) is 0 Å². The van der Waals surface area contributed by atoms with Gasteiger partial charge in [-0.1, -0.05) is 0 Å². The number of hydrogen-bond acceptors (Lipinski definition) is 2. The molecule has 0 unspecified atom stereocenters. The van der Waals surface area contributed by atoms with Crippen LogP contribution in [0.3, 0.4) is 0 Å². The summed E-state index contributed by atoms with van der Waals surface area (Å²) in [5.41, 5.74) is -0.153. The molecule has 2 nitrogen and oxygen atoms in total. The lowest BCUT2D eigenvalue weighted by atomic mass is 9.78. The molecule has 1 rings (SSSR count). The van der Waals surface area contributed by atoms with E-state index < -0.39 is 12.7 Å². The summed E-state index contributed by atoms with van der Waals surface area (Å²) in [7, 11) is 0. The van der Waals surface area contributed by atoms with Crippen LogP contribution in [0.25, 0.3) is 0 Å². The first-order valence-corrected chi connectivity index (χ1v) is 6.20. The first-order chi connectivity index (χ1) is 7.58. The number of alkyl halides is 4. The van der Waals surface area contributed by atoms with E-state index >= 15 is 0 Å². The van der Waals surface area contributed by atoms with Gasteiger partial charge < -0.3 is 5.32 Å². The van der Waals surface area contributed by atoms with E-state index in [1.165, 1.54) is 0 Å². The molecule has 0 aromatic heterocycles. The molecule has 102 valence electrons. The second kappa shape index (κ2) is 4.94. The summed E-state index contributed by atoms with van der Waals surface area (Å²) in [6, 6.07) is 0. The number of rotatable bonds is 4. The molecule has 1 fully saturated rings. The minimum absolute atomic E-state index is 0.0551. The van der Waals surface area contributed by atoms with Crippen molar-refractivity contribution in [3.63, 3.8) is 0 Å². The van der Waals surface area contributed by atoms with Crippen molar-refractivity contribution in [3.05, 3.63) is 0 Å². The van der Waals surface area contributed by atoms with Crippen molar-refractivity contribution in [3.8, 4) is 0 Å². The molecule has 0 aromatic carbocycles. The van der Waals surface area contributed by atoms with Crippen molar-refractivity contribution < 1.29 is 13.2 Å². The van der Waals surface area contributed by atoms with E-state index in [1.807, 2.05) is 0 Å². The van der Waals surface area contributed by atoms with Gasteiger partial charge in [-0.3, -0.25) is 4.90 Å². The molecule has 0 amide bonds. The number of likely N-dealkylation sites (tertiary alicyclic amines) is 1. The van der Waals surface area contributed by atoms with Gasteiger partial charge in [0.05, 0.1) is 6.54 Å². The molecule has 1 aliphatic rings. The number of nitrogens with zero attached hydrogens (tertiary/aromatic N) is 1. The van der Waals surface area contributed by atoms with Gasteiger partial charge in [0.15, 0.2) is 0 Å². The van der Waals surface area contributed by atoms with Gasteiger partial charge in [-0.15, -0.1) is 11.6 Å². The van der Waals surface area contributed by atoms with E-state index in [9.17, 15) is 13.2 Å². The predicted octanol–water partition coefficient (Wildman–Crippen LogP) is 2.48. The quantitative estimate of drug-likeness (QED) is 0.791. The third-order valence-electron chi connectivity index (χ3n) is 3.11. The molecule has 17 heavy (non-hydrogen) atoms. The van der Waals surface area contributed by atoms with Crippen molar-refractivity contribution in [2.75, 3.05) is 32.1 Å².